The highest BCUT2D eigenvalue weighted by molar-refractivity contribution is 6.30. The van der Waals surface area contributed by atoms with E-state index in [1.54, 1.807) is 4.57 Å². The van der Waals surface area contributed by atoms with Crippen LogP contribution in [0.5, 0.6) is 0 Å². The fourth-order valence-electron chi connectivity index (χ4n) is 4.42. The number of benzene rings is 4. The summed E-state index contributed by atoms with van der Waals surface area (Å²) in [7, 11) is 0. The highest BCUT2D eigenvalue weighted by Crippen LogP contribution is 2.23. The molecule has 0 N–H and O–H groups in total. The second kappa shape index (κ2) is 10.8. The van der Waals surface area contributed by atoms with Gasteiger partial charge in [-0.05, 0) is 89.7 Å². The van der Waals surface area contributed by atoms with Crippen molar-refractivity contribution in [3.8, 4) is 17.5 Å². The summed E-state index contributed by atoms with van der Waals surface area (Å²) in [6.45, 7) is 8.60. The Bertz CT molecular complexity index is 1810. The SMILES string of the molecule is Cc1cc(C#Cc2ccc(C(C)(C)C)cc2)ccc1-n1c(C=Cc2ccc(Cl)cc2)nc2ccccc2c1=O. The van der Waals surface area contributed by atoms with Gasteiger partial charge in [0.25, 0.3) is 5.56 Å². The van der Waals surface area contributed by atoms with Crippen LogP contribution in [0.2, 0.25) is 5.02 Å². The van der Waals surface area contributed by atoms with E-state index in [4.69, 9.17) is 16.6 Å². The van der Waals surface area contributed by atoms with Gasteiger partial charge in [-0.25, -0.2) is 4.98 Å². The molecule has 0 unspecified atom stereocenters. The molecule has 0 atom stereocenters. The standard InChI is InChI=1S/C35H29ClN2O/c1-24-23-27(10-9-25-11-17-28(18-12-25)35(2,3)4)15-21-32(24)38-33(22-16-26-13-19-29(36)20-14-26)37-31-8-6-5-7-30(31)34(38)39/h5-8,11-23H,1-4H3. The fourth-order valence-corrected chi connectivity index (χ4v) is 4.55. The van der Waals surface area contributed by atoms with E-state index in [1.165, 1.54) is 5.56 Å². The van der Waals surface area contributed by atoms with Crippen molar-refractivity contribution >= 4 is 34.7 Å². The smallest absolute Gasteiger partial charge is 0.266 e. The maximum atomic E-state index is 13.7. The van der Waals surface area contributed by atoms with E-state index in [0.717, 1.165) is 27.9 Å². The molecule has 0 aliphatic heterocycles. The Labute approximate surface area is 234 Å². The fraction of sp³-hybridized carbons (Fsp3) is 0.143. The minimum Gasteiger partial charge on any atom is -0.268 e. The third-order valence-electron chi connectivity index (χ3n) is 6.64. The Hall–Kier alpha value is -4.39. The van der Waals surface area contributed by atoms with Crippen molar-refractivity contribution in [3.63, 3.8) is 0 Å². The van der Waals surface area contributed by atoms with Gasteiger partial charge < -0.3 is 0 Å². The van der Waals surface area contributed by atoms with E-state index >= 15 is 0 Å². The van der Waals surface area contributed by atoms with Gasteiger partial charge in [0.15, 0.2) is 0 Å². The van der Waals surface area contributed by atoms with Gasteiger partial charge in [0, 0.05) is 16.1 Å². The minimum absolute atomic E-state index is 0.109. The summed E-state index contributed by atoms with van der Waals surface area (Å²) in [6.07, 6.45) is 3.80. The highest BCUT2D eigenvalue weighted by atomic mass is 35.5. The van der Waals surface area contributed by atoms with Crippen LogP contribution >= 0.6 is 11.6 Å². The molecule has 1 heterocycles. The molecule has 0 spiro atoms. The molecule has 1 aromatic heterocycles. The lowest BCUT2D eigenvalue weighted by atomic mass is 9.87. The van der Waals surface area contributed by atoms with Gasteiger partial charge in [-0.2, -0.15) is 0 Å². The third-order valence-corrected chi connectivity index (χ3v) is 6.89. The summed E-state index contributed by atoms with van der Waals surface area (Å²) >= 11 is 6.04. The zero-order chi connectivity index (χ0) is 27.6. The maximum absolute atomic E-state index is 13.7. The van der Waals surface area contributed by atoms with Crippen molar-refractivity contribution in [2.45, 2.75) is 33.1 Å². The zero-order valence-electron chi connectivity index (χ0n) is 22.5. The molecule has 5 rings (SSSR count). The van der Waals surface area contributed by atoms with Gasteiger partial charge >= 0.3 is 0 Å². The summed E-state index contributed by atoms with van der Waals surface area (Å²) in [5.74, 6) is 7.09. The van der Waals surface area contributed by atoms with Crippen LogP contribution in [0.3, 0.4) is 0 Å². The van der Waals surface area contributed by atoms with Crippen molar-refractivity contribution in [3.05, 3.63) is 140 Å². The van der Waals surface area contributed by atoms with Crippen LogP contribution in [0, 0.1) is 18.8 Å². The molecule has 0 saturated carbocycles. The average molecular weight is 529 g/mol. The summed E-state index contributed by atoms with van der Waals surface area (Å²) in [5, 5.41) is 1.25. The number of hydrogen-bond acceptors (Lipinski definition) is 2. The number of fused-ring (bicyclic) bond motifs is 1. The van der Waals surface area contributed by atoms with Crippen molar-refractivity contribution < 1.29 is 0 Å². The highest BCUT2D eigenvalue weighted by Gasteiger charge is 2.14. The topological polar surface area (TPSA) is 34.9 Å². The maximum Gasteiger partial charge on any atom is 0.266 e. The van der Waals surface area contributed by atoms with Crippen LogP contribution in [-0.2, 0) is 5.41 Å². The Balaban J connectivity index is 1.54. The molecular weight excluding hydrogens is 500 g/mol. The van der Waals surface area contributed by atoms with Crippen molar-refractivity contribution in [1.82, 2.24) is 9.55 Å². The summed E-state index contributed by atoms with van der Waals surface area (Å²) in [5.41, 5.74) is 6.46. The predicted molar refractivity (Wildman–Crippen MR) is 164 cm³/mol. The first-order valence-corrected chi connectivity index (χ1v) is 13.3. The molecule has 3 nitrogen and oxygen atoms in total. The van der Waals surface area contributed by atoms with E-state index in [2.05, 4.69) is 56.9 Å². The Morgan fingerprint density at radius 1 is 0.821 bits per heavy atom. The van der Waals surface area contributed by atoms with Gasteiger partial charge in [-0.1, -0.05) is 86.7 Å². The molecule has 0 amide bonds. The lowest BCUT2D eigenvalue weighted by Gasteiger charge is -2.18. The Morgan fingerprint density at radius 2 is 1.49 bits per heavy atom. The molecule has 0 radical (unpaired) electrons. The molecule has 192 valence electrons. The number of hydrogen-bond donors (Lipinski definition) is 0. The Morgan fingerprint density at radius 3 is 2.18 bits per heavy atom. The monoisotopic (exact) mass is 528 g/mol. The zero-order valence-corrected chi connectivity index (χ0v) is 23.3. The van der Waals surface area contributed by atoms with Crippen molar-refractivity contribution in [2.24, 2.45) is 0 Å². The predicted octanol–water partition coefficient (Wildman–Crippen LogP) is 8.22. The van der Waals surface area contributed by atoms with E-state index in [-0.39, 0.29) is 11.0 Å². The van der Waals surface area contributed by atoms with Crippen molar-refractivity contribution in [1.29, 1.82) is 0 Å². The minimum atomic E-state index is -0.114. The van der Waals surface area contributed by atoms with Gasteiger partial charge in [0.1, 0.15) is 5.82 Å². The number of nitrogens with zero attached hydrogens (tertiary/aromatic N) is 2. The first kappa shape index (κ1) is 26.2. The van der Waals surface area contributed by atoms with Gasteiger partial charge in [0.05, 0.1) is 16.6 Å². The molecular formula is C35H29ClN2O. The van der Waals surface area contributed by atoms with Crippen LogP contribution in [0.4, 0.5) is 0 Å². The molecule has 0 bridgehead atoms. The molecule has 0 aliphatic rings. The molecule has 4 heteroatoms. The van der Waals surface area contributed by atoms with Gasteiger partial charge in [-0.15, -0.1) is 0 Å². The van der Waals surface area contributed by atoms with Crippen molar-refractivity contribution in [2.75, 3.05) is 0 Å². The molecule has 39 heavy (non-hydrogen) atoms. The largest absolute Gasteiger partial charge is 0.268 e. The normalized spacial score (nSPS) is 11.5. The van der Waals surface area contributed by atoms with E-state index < -0.39 is 0 Å². The molecule has 5 aromatic rings. The number of para-hydroxylation sites is 1. The Kier molecular flexibility index (Phi) is 7.24. The molecule has 4 aromatic carbocycles. The van der Waals surface area contributed by atoms with Crippen LogP contribution in [0.25, 0.3) is 28.7 Å². The van der Waals surface area contributed by atoms with Crippen LogP contribution in [-0.4, -0.2) is 9.55 Å². The second-order valence-electron chi connectivity index (χ2n) is 10.6. The lowest BCUT2D eigenvalue weighted by Crippen LogP contribution is -2.23. The molecule has 0 fully saturated rings. The number of aromatic nitrogens is 2. The number of rotatable bonds is 3. The average Bonchev–Trinajstić information content (AvgIpc) is 2.92. The van der Waals surface area contributed by atoms with Crippen LogP contribution in [0.1, 0.15) is 54.4 Å². The summed E-state index contributed by atoms with van der Waals surface area (Å²) in [4.78, 5) is 18.5. The number of halogens is 1. The molecule has 0 aliphatic carbocycles. The summed E-state index contributed by atoms with van der Waals surface area (Å²) < 4.78 is 1.67. The first-order valence-electron chi connectivity index (χ1n) is 12.9. The van der Waals surface area contributed by atoms with Gasteiger partial charge in [0.2, 0.25) is 0 Å². The first-order chi connectivity index (χ1) is 18.7. The van der Waals surface area contributed by atoms with E-state index in [0.29, 0.717) is 21.7 Å². The lowest BCUT2D eigenvalue weighted by molar-refractivity contribution is 0.590. The van der Waals surface area contributed by atoms with Crippen LogP contribution < -0.4 is 5.56 Å². The van der Waals surface area contributed by atoms with Crippen LogP contribution in [0.15, 0.2) is 95.8 Å². The quantitative estimate of drug-likeness (QED) is 0.221. The third kappa shape index (κ3) is 5.87. The molecule has 0 saturated heterocycles. The number of aryl methyl sites for hydroxylation is 1. The summed E-state index contributed by atoms with van der Waals surface area (Å²) in [6, 6.07) is 29.3. The van der Waals surface area contributed by atoms with Gasteiger partial charge in [-0.3, -0.25) is 9.36 Å². The van der Waals surface area contributed by atoms with E-state index in [9.17, 15) is 4.79 Å². The second-order valence-corrected chi connectivity index (χ2v) is 11.0. The van der Waals surface area contributed by atoms with E-state index in [1.807, 2.05) is 85.8 Å².